The Balaban J connectivity index is 0. The van der Waals surface area contributed by atoms with E-state index >= 15 is 0 Å². The smallest absolute Gasteiger partial charge is 0.0135 e. The highest BCUT2D eigenvalue weighted by Crippen LogP contribution is 1.59. The lowest BCUT2D eigenvalue weighted by Gasteiger charge is -1.90. The van der Waals surface area contributed by atoms with Gasteiger partial charge >= 0.3 is 0 Å². The molecule has 0 aromatic carbocycles. The van der Waals surface area contributed by atoms with Crippen molar-refractivity contribution < 1.29 is 0 Å². The van der Waals surface area contributed by atoms with Gasteiger partial charge in [0.15, 0.2) is 0 Å². The summed E-state index contributed by atoms with van der Waals surface area (Å²) in [5.74, 6) is 0. The Kier molecular flexibility index (Phi) is 14.1. The van der Waals surface area contributed by atoms with Crippen molar-refractivity contribution in [2.75, 3.05) is 13.1 Å². The average molecular weight is 225 g/mol. The fraction of sp³-hybridized carbons (Fsp3) is 0.333. The molecule has 0 rings (SSSR count). The van der Waals surface area contributed by atoms with Crippen molar-refractivity contribution in [2.24, 2.45) is 0 Å². The van der Waals surface area contributed by atoms with Crippen molar-refractivity contribution in [3.05, 3.63) is 25.3 Å². The molecule has 0 unspecified atom stereocenters. The minimum Gasteiger partial charge on any atom is -0.310 e. The van der Waals surface area contributed by atoms with Gasteiger partial charge in [-0.2, -0.15) is 0 Å². The molecule has 8 heavy (non-hydrogen) atoms. The molecule has 0 radical (unpaired) electrons. The average Bonchev–Trinajstić information content (AvgIpc) is 1.69. The maximum atomic E-state index is 3.54. The van der Waals surface area contributed by atoms with Crippen molar-refractivity contribution >= 4 is 24.0 Å². The van der Waals surface area contributed by atoms with Crippen molar-refractivity contribution in [3.8, 4) is 0 Å². The fourth-order valence-corrected chi connectivity index (χ4v) is 0.287. The first kappa shape index (κ1) is 11.0. The Labute approximate surface area is 67.9 Å². The quantitative estimate of drug-likeness (QED) is 0.435. The van der Waals surface area contributed by atoms with Crippen molar-refractivity contribution in [2.45, 2.75) is 0 Å². The molecule has 0 atom stereocenters. The van der Waals surface area contributed by atoms with Crippen LogP contribution in [0.25, 0.3) is 0 Å². The molecular weight excluding hydrogens is 213 g/mol. The van der Waals surface area contributed by atoms with Crippen LogP contribution in [0.5, 0.6) is 0 Å². The highest BCUT2D eigenvalue weighted by atomic mass is 127. The van der Waals surface area contributed by atoms with Crippen LogP contribution in [0.2, 0.25) is 0 Å². The molecule has 0 fully saturated rings. The lowest BCUT2D eigenvalue weighted by Crippen LogP contribution is -2.11. The molecular formula is C6H12IN. The van der Waals surface area contributed by atoms with E-state index in [0.717, 1.165) is 13.1 Å². The highest BCUT2D eigenvalue weighted by molar-refractivity contribution is 14.0. The monoisotopic (exact) mass is 225 g/mol. The van der Waals surface area contributed by atoms with E-state index in [2.05, 4.69) is 18.5 Å². The third-order valence-corrected chi connectivity index (χ3v) is 0.577. The summed E-state index contributed by atoms with van der Waals surface area (Å²) in [7, 11) is 0. The van der Waals surface area contributed by atoms with Crippen LogP contribution in [-0.2, 0) is 0 Å². The van der Waals surface area contributed by atoms with E-state index in [-0.39, 0.29) is 24.0 Å². The summed E-state index contributed by atoms with van der Waals surface area (Å²) < 4.78 is 0. The molecule has 2 heteroatoms. The lowest BCUT2D eigenvalue weighted by atomic mass is 10.5. The molecule has 0 aliphatic rings. The van der Waals surface area contributed by atoms with Gasteiger partial charge in [-0.15, -0.1) is 37.1 Å². The maximum absolute atomic E-state index is 3.54. The van der Waals surface area contributed by atoms with E-state index in [1.54, 1.807) is 0 Å². The van der Waals surface area contributed by atoms with Crippen molar-refractivity contribution in [1.29, 1.82) is 0 Å². The molecule has 0 aliphatic heterocycles. The van der Waals surface area contributed by atoms with Gasteiger partial charge in [0.1, 0.15) is 0 Å². The van der Waals surface area contributed by atoms with E-state index in [1.807, 2.05) is 12.2 Å². The summed E-state index contributed by atoms with van der Waals surface area (Å²) in [5, 5.41) is 3.05. The molecule has 0 spiro atoms. The molecule has 0 aliphatic carbocycles. The predicted molar refractivity (Wildman–Crippen MR) is 48.7 cm³/mol. The van der Waals surface area contributed by atoms with Crippen molar-refractivity contribution in [1.82, 2.24) is 5.32 Å². The number of hydrogen-bond acceptors (Lipinski definition) is 1. The summed E-state index contributed by atoms with van der Waals surface area (Å²) in [5.41, 5.74) is 0. The summed E-state index contributed by atoms with van der Waals surface area (Å²) in [6.07, 6.45) is 3.65. The molecule has 0 saturated heterocycles. The minimum absolute atomic E-state index is 0. The zero-order chi connectivity index (χ0) is 5.54. The van der Waals surface area contributed by atoms with Gasteiger partial charge in [-0.05, 0) is 0 Å². The first-order chi connectivity index (χ1) is 3.41. The molecule has 0 saturated carbocycles. The van der Waals surface area contributed by atoms with Crippen LogP contribution >= 0.6 is 24.0 Å². The Morgan fingerprint density at radius 3 is 1.75 bits per heavy atom. The number of halogens is 1. The van der Waals surface area contributed by atoms with E-state index in [0.29, 0.717) is 0 Å². The number of nitrogens with one attached hydrogen (secondary N) is 1. The molecule has 0 bridgehead atoms. The molecule has 0 aromatic rings. The lowest BCUT2D eigenvalue weighted by molar-refractivity contribution is 0.845. The molecule has 48 valence electrons. The molecule has 0 aromatic heterocycles. The van der Waals surface area contributed by atoms with Gasteiger partial charge in [0, 0.05) is 13.1 Å². The van der Waals surface area contributed by atoms with Crippen LogP contribution in [0.15, 0.2) is 25.3 Å². The first-order valence-corrected chi connectivity index (χ1v) is 2.34. The first-order valence-electron chi connectivity index (χ1n) is 2.34. The Hall–Kier alpha value is 0.170. The van der Waals surface area contributed by atoms with Crippen LogP contribution < -0.4 is 5.32 Å². The predicted octanol–water partition coefficient (Wildman–Crippen LogP) is 1.57. The highest BCUT2D eigenvalue weighted by Gasteiger charge is 1.69. The topological polar surface area (TPSA) is 12.0 Å². The second-order valence-corrected chi connectivity index (χ2v) is 1.24. The van der Waals surface area contributed by atoms with Gasteiger partial charge in [-0.25, -0.2) is 0 Å². The molecule has 1 nitrogen and oxygen atoms in total. The summed E-state index contributed by atoms with van der Waals surface area (Å²) in [6.45, 7) is 8.81. The standard InChI is InChI=1S/C6H11N.HI/c1-3-5-7-6-4-2;/h3-4,7H,1-2,5-6H2;1H. The second-order valence-electron chi connectivity index (χ2n) is 1.24. The van der Waals surface area contributed by atoms with E-state index in [9.17, 15) is 0 Å². The van der Waals surface area contributed by atoms with Crippen LogP contribution in [0.1, 0.15) is 0 Å². The summed E-state index contributed by atoms with van der Waals surface area (Å²) in [6, 6.07) is 0. The van der Waals surface area contributed by atoms with E-state index in [4.69, 9.17) is 0 Å². The van der Waals surface area contributed by atoms with Gasteiger partial charge in [0.05, 0.1) is 0 Å². The second kappa shape index (κ2) is 10.2. The van der Waals surface area contributed by atoms with Gasteiger partial charge in [0.2, 0.25) is 0 Å². The molecule has 0 amide bonds. The molecule has 0 heterocycles. The van der Waals surface area contributed by atoms with Gasteiger partial charge in [0.25, 0.3) is 0 Å². The van der Waals surface area contributed by atoms with E-state index < -0.39 is 0 Å². The zero-order valence-corrected chi connectivity index (χ0v) is 7.22. The third kappa shape index (κ3) is 9.48. The van der Waals surface area contributed by atoms with Crippen LogP contribution in [-0.4, -0.2) is 13.1 Å². The largest absolute Gasteiger partial charge is 0.310 e. The Morgan fingerprint density at radius 1 is 1.12 bits per heavy atom. The van der Waals surface area contributed by atoms with Crippen molar-refractivity contribution in [3.63, 3.8) is 0 Å². The summed E-state index contributed by atoms with van der Waals surface area (Å²) >= 11 is 0. The van der Waals surface area contributed by atoms with Gasteiger partial charge < -0.3 is 5.32 Å². The van der Waals surface area contributed by atoms with Gasteiger partial charge in [-0.3, -0.25) is 0 Å². The minimum atomic E-state index is 0. The maximum Gasteiger partial charge on any atom is 0.0135 e. The zero-order valence-electron chi connectivity index (χ0n) is 4.89. The normalized spacial score (nSPS) is 7.00. The van der Waals surface area contributed by atoms with Crippen LogP contribution in [0, 0.1) is 0 Å². The van der Waals surface area contributed by atoms with Crippen LogP contribution in [0.4, 0.5) is 0 Å². The Bertz CT molecular complexity index is 53.5. The van der Waals surface area contributed by atoms with Gasteiger partial charge in [-0.1, -0.05) is 12.2 Å². The van der Waals surface area contributed by atoms with E-state index in [1.165, 1.54) is 0 Å². The number of rotatable bonds is 4. The fourth-order valence-electron chi connectivity index (χ4n) is 0.287. The van der Waals surface area contributed by atoms with Crippen LogP contribution in [0.3, 0.4) is 0 Å². The third-order valence-electron chi connectivity index (χ3n) is 0.577. The Morgan fingerprint density at radius 2 is 1.50 bits per heavy atom. The summed E-state index contributed by atoms with van der Waals surface area (Å²) in [4.78, 5) is 0. The molecule has 1 N–H and O–H groups in total. The SMILES string of the molecule is C=CCNCC=C.I. The number of hydrogen-bond donors (Lipinski definition) is 1.